The van der Waals surface area contributed by atoms with E-state index in [2.05, 4.69) is 15.1 Å². The summed E-state index contributed by atoms with van der Waals surface area (Å²) in [6.45, 7) is 0.393. The number of thiophene rings is 1. The van der Waals surface area contributed by atoms with Gasteiger partial charge < -0.3 is 9.26 Å². The zero-order valence-electron chi connectivity index (χ0n) is 15.3. The molecule has 1 aliphatic rings. The molecule has 152 valence electrons. The van der Waals surface area contributed by atoms with Gasteiger partial charge in [0.15, 0.2) is 6.61 Å². The highest BCUT2D eigenvalue weighted by Gasteiger charge is 2.33. The van der Waals surface area contributed by atoms with E-state index in [0.29, 0.717) is 18.7 Å². The van der Waals surface area contributed by atoms with Crippen LogP contribution in [0.3, 0.4) is 0 Å². The molecule has 11 heteroatoms. The average molecular weight is 434 g/mol. The number of hydrogen-bond acceptors (Lipinski definition) is 9. The highest BCUT2D eigenvalue weighted by atomic mass is 32.2. The van der Waals surface area contributed by atoms with Crippen molar-refractivity contribution >= 4 is 27.3 Å². The van der Waals surface area contributed by atoms with Gasteiger partial charge in [0.05, 0.1) is 5.92 Å². The lowest BCUT2D eigenvalue weighted by atomic mass is 9.98. The molecular formula is C18H18N4O5S2. The van der Waals surface area contributed by atoms with Crippen molar-refractivity contribution in [3.8, 4) is 11.4 Å². The lowest BCUT2D eigenvalue weighted by molar-refractivity contribution is -0.152. The Hall–Kier alpha value is -2.63. The highest BCUT2D eigenvalue weighted by molar-refractivity contribution is 7.89. The van der Waals surface area contributed by atoms with E-state index in [1.165, 1.54) is 34.1 Å². The molecule has 0 unspecified atom stereocenters. The largest absolute Gasteiger partial charge is 0.455 e. The van der Waals surface area contributed by atoms with Gasteiger partial charge in [-0.25, -0.2) is 8.42 Å². The van der Waals surface area contributed by atoms with E-state index in [1.54, 1.807) is 6.07 Å². The zero-order chi connectivity index (χ0) is 20.3. The predicted octanol–water partition coefficient (Wildman–Crippen LogP) is 2.34. The van der Waals surface area contributed by atoms with Crippen molar-refractivity contribution in [2.24, 2.45) is 5.92 Å². The Morgan fingerprint density at radius 1 is 1.31 bits per heavy atom. The van der Waals surface area contributed by atoms with Crippen LogP contribution in [-0.4, -0.2) is 46.9 Å². The fourth-order valence-corrected chi connectivity index (χ4v) is 5.12. The van der Waals surface area contributed by atoms with Crippen LogP contribution in [0.2, 0.25) is 0 Å². The van der Waals surface area contributed by atoms with E-state index in [1.807, 2.05) is 16.8 Å². The minimum atomic E-state index is -3.60. The van der Waals surface area contributed by atoms with Crippen molar-refractivity contribution in [1.29, 1.82) is 0 Å². The minimum absolute atomic E-state index is 0.107. The molecular weight excluding hydrogens is 416 g/mol. The molecule has 9 nitrogen and oxygen atoms in total. The average Bonchev–Trinajstić information content (AvgIpc) is 3.44. The van der Waals surface area contributed by atoms with Crippen molar-refractivity contribution in [3.05, 3.63) is 47.2 Å². The van der Waals surface area contributed by atoms with Crippen LogP contribution in [0.15, 0.2) is 50.8 Å². The first-order valence-electron chi connectivity index (χ1n) is 8.96. The third kappa shape index (κ3) is 4.36. The Bertz CT molecular complexity index is 1060. The van der Waals surface area contributed by atoms with E-state index in [4.69, 9.17) is 9.26 Å². The molecule has 0 radical (unpaired) electrons. The first-order valence-corrected chi connectivity index (χ1v) is 11.3. The second-order valence-corrected chi connectivity index (χ2v) is 9.22. The summed E-state index contributed by atoms with van der Waals surface area (Å²) in [7, 11) is -3.60. The Morgan fingerprint density at radius 2 is 2.14 bits per heavy atom. The van der Waals surface area contributed by atoms with E-state index in [-0.39, 0.29) is 36.4 Å². The van der Waals surface area contributed by atoms with Crippen molar-refractivity contribution in [2.75, 3.05) is 13.1 Å². The Labute approximate surface area is 171 Å². The van der Waals surface area contributed by atoms with Gasteiger partial charge in [0, 0.05) is 36.4 Å². The number of carbonyl (C=O) groups excluding carboxylic acids is 1. The third-order valence-electron chi connectivity index (χ3n) is 4.64. The molecule has 29 heavy (non-hydrogen) atoms. The van der Waals surface area contributed by atoms with Crippen LogP contribution in [0.1, 0.15) is 18.7 Å². The number of esters is 1. The van der Waals surface area contributed by atoms with Crippen molar-refractivity contribution in [2.45, 2.75) is 24.3 Å². The summed E-state index contributed by atoms with van der Waals surface area (Å²) in [6.07, 6.45) is 3.63. The molecule has 0 N–H and O–H groups in total. The number of pyridine rings is 1. The summed E-state index contributed by atoms with van der Waals surface area (Å²) in [6, 6.07) is 4.97. The fraction of sp³-hybridized carbons (Fsp3) is 0.333. The van der Waals surface area contributed by atoms with Crippen LogP contribution in [0.25, 0.3) is 11.4 Å². The quantitative estimate of drug-likeness (QED) is 0.543. The van der Waals surface area contributed by atoms with E-state index in [0.717, 1.165) is 5.56 Å². The molecule has 0 aliphatic carbocycles. The number of hydrogen-bond donors (Lipinski definition) is 0. The van der Waals surface area contributed by atoms with Gasteiger partial charge in [-0.05, 0) is 36.4 Å². The van der Waals surface area contributed by atoms with Crippen LogP contribution in [-0.2, 0) is 26.2 Å². The molecule has 0 aromatic carbocycles. The number of sulfonamides is 1. The minimum Gasteiger partial charge on any atom is -0.455 e. The van der Waals surface area contributed by atoms with Crippen LogP contribution in [0, 0.1) is 5.92 Å². The molecule has 4 heterocycles. The van der Waals surface area contributed by atoms with Gasteiger partial charge in [0.1, 0.15) is 4.90 Å². The Kier molecular flexibility index (Phi) is 5.69. The summed E-state index contributed by atoms with van der Waals surface area (Å²) >= 11 is 1.52. The van der Waals surface area contributed by atoms with Gasteiger partial charge in [-0.1, -0.05) is 5.16 Å². The van der Waals surface area contributed by atoms with E-state index >= 15 is 0 Å². The Morgan fingerprint density at radius 3 is 2.83 bits per heavy atom. The molecule has 0 amide bonds. The number of aromatic nitrogens is 3. The number of ether oxygens (including phenoxy) is 1. The molecule has 3 aromatic rings. The molecule has 0 atom stereocenters. The van der Waals surface area contributed by atoms with Gasteiger partial charge in [0.25, 0.3) is 5.89 Å². The second-order valence-electron chi connectivity index (χ2n) is 6.50. The lowest BCUT2D eigenvalue weighted by Crippen LogP contribution is -2.40. The highest BCUT2D eigenvalue weighted by Crippen LogP contribution is 2.25. The molecule has 1 saturated heterocycles. The summed E-state index contributed by atoms with van der Waals surface area (Å²) in [5, 5.41) is 7.67. The maximum Gasteiger partial charge on any atom is 0.309 e. The second kappa shape index (κ2) is 8.39. The smallest absolute Gasteiger partial charge is 0.309 e. The van der Waals surface area contributed by atoms with Gasteiger partial charge >= 0.3 is 5.97 Å². The number of rotatable bonds is 6. The van der Waals surface area contributed by atoms with Gasteiger partial charge in [-0.2, -0.15) is 20.6 Å². The maximum atomic E-state index is 12.6. The van der Waals surface area contributed by atoms with E-state index in [9.17, 15) is 13.2 Å². The third-order valence-corrected chi connectivity index (χ3v) is 7.21. The molecule has 3 aromatic heterocycles. The van der Waals surface area contributed by atoms with Gasteiger partial charge in [-0.3, -0.25) is 9.78 Å². The molecule has 0 spiro atoms. The number of nitrogens with zero attached hydrogens (tertiary/aromatic N) is 4. The molecule has 1 fully saturated rings. The van der Waals surface area contributed by atoms with E-state index < -0.39 is 16.0 Å². The van der Waals surface area contributed by atoms with Crippen molar-refractivity contribution < 1.29 is 22.5 Å². The SMILES string of the molecule is O=C(OCc1nc(-c2ccsc2)no1)C1CCN(S(=O)(=O)c2cccnc2)CC1. The molecule has 1 aliphatic heterocycles. The molecule has 0 bridgehead atoms. The molecule has 4 rings (SSSR count). The Balaban J connectivity index is 1.29. The summed E-state index contributed by atoms with van der Waals surface area (Å²) in [5.41, 5.74) is 0.846. The summed E-state index contributed by atoms with van der Waals surface area (Å²) in [4.78, 5) is 20.6. The topological polar surface area (TPSA) is 115 Å². The standard InChI is InChI=1S/C18H18N4O5S2/c23-18(26-11-16-20-17(21-27-16)14-5-9-28-12-14)13-3-7-22(8-4-13)29(24,25)15-2-1-6-19-10-15/h1-2,5-6,9-10,12-13H,3-4,7-8,11H2. The lowest BCUT2D eigenvalue weighted by Gasteiger charge is -2.29. The van der Waals surface area contributed by atoms with Gasteiger partial charge in [-0.15, -0.1) is 0 Å². The zero-order valence-corrected chi connectivity index (χ0v) is 16.9. The van der Waals surface area contributed by atoms with Crippen molar-refractivity contribution in [1.82, 2.24) is 19.4 Å². The van der Waals surface area contributed by atoms with Crippen LogP contribution in [0.5, 0.6) is 0 Å². The summed E-state index contributed by atoms with van der Waals surface area (Å²) < 4.78 is 37.0. The van der Waals surface area contributed by atoms with Crippen LogP contribution < -0.4 is 0 Å². The number of piperidine rings is 1. The normalized spacial score (nSPS) is 16.0. The maximum absolute atomic E-state index is 12.6. The number of carbonyl (C=O) groups is 1. The first kappa shape index (κ1) is 19.7. The fourth-order valence-electron chi connectivity index (χ4n) is 3.05. The van der Waals surface area contributed by atoms with Crippen LogP contribution >= 0.6 is 11.3 Å². The predicted molar refractivity (Wildman–Crippen MR) is 103 cm³/mol. The molecule has 0 saturated carbocycles. The summed E-state index contributed by atoms with van der Waals surface area (Å²) in [5.74, 6) is -0.0873. The van der Waals surface area contributed by atoms with Crippen molar-refractivity contribution in [3.63, 3.8) is 0 Å². The first-order chi connectivity index (χ1) is 14.0. The van der Waals surface area contributed by atoms with Crippen LogP contribution in [0.4, 0.5) is 0 Å². The van der Waals surface area contributed by atoms with Gasteiger partial charge in [0.2, 0.25) is 15.8 Å². The monoisotopic (exact) mass is 434 g/mol.